The van der Waals surface area contributed by atoms with E-state index < -0.39 is 4.92 Å². The van der Waals surface area contributed by atoms with Gasteiger partial charge in [-0.25, -0.2) is 0 Å². The van der Waals surface area contributed by atoms with Gasteiger partial charge in [0, 0.05) is 27.8 Å². The molecule has 0 N–H and O–H groups in total. The van der Waals surface area contributed by atoms with Crippen molar-refractivity contribution in [1.29, 1.82) is 0 Å². The van der Waals surface area contributed by atoms with E-state index in [0.717, 1.165) is 0 Å². The smallest absolute Gasteiger partial charge is 0.272 e. The summed E-state index contributed by atoms with van der Waals surface area (Å²) < 4.78 is 5.22. The van der Waals surface area contributed by atoms with Crippen molar-refractivity contribution in [2.45, 2.75) is 6.92 Å². The lowest BCUT2D eigenvalue weighted by molar-refractivity contribution is -0.385. The van der Waals surface area contributed by atoms with Crippen molar-refractivity contribution in [3.8, 4) is 22.8 Å². The van der Waals surface area contributed by atoms with Crippen LogP contribution in [0.15, 0.2) is 40.9 Å². The van der Waals surface area contributed by atoms with Gasteiger partial charge in [0.2, 0.25) is 5.82 Å². The topological polar surface area (TPSA) is 82.1 Å². The molecular formula is C15H9Cl2N3O3. The van der Waals surface area contributed by atoms with E-state index in [4.69, 9.17) is 27.7 Å². The third-order valence-corrected chi connectivity index (χ3v) is 3.79. The van der Waals surface area contributed by atoms with Crippen molar-refractivity contribution in [3.05, 3.63) is 62.1 Å². The minimum Gasteiger partial charge on any atom is -0.334 e. The second-order valence-corrected chi connectivity index (χ2v) is 5.65. The van der Waals surface area contributed by atoms with E-state index in [2.05, 4.69) is 10.1 Å². The van der Waals surface area contributed by atoms with Gasteiger partial charge in [0.25, 0.3) is 11.6 Å². The molecule has 0 radical (unpaired) electrons. The Morgan fingerprint density at radius 2 is 1.96 bits per heavy atom. The molecule has 0 bridgehead atoms. The molecule has 0 saturated heterocycles. The molecule has 3 rings (SSSR count). The van der Waals surface area contributed by atoms with Crippen LogP contribution >= 0.6 is 23.2 Å². The second kappa shape index (κ2) is 5.98. The number of nitro benzene ring substituents is 1. The monoisotopic (exact) mass is 349 g/mol. The summed E-state index contributed by atoms with van der Waals surface area (Å²) in [5, 5.41) is 15.7. The van der Waals surface area contributed by atoms with E-state index >= 15 is 0 Å². The van der Waals surface area contributed by atoms with Gasteiger partial charge in [0.15, 0.2) is 0 Å². The van der Waals surface area contributed by atoms with Crippen molar-refractivity contribution in [1.82, 2.24) is 10.1 Å². The summed E-state index contributed by atoms with van der Waals surface area (Å²) in [6.45, 7) is 1.65. The molecule has 0 aliphatic heterocycles. The quantitative estimate of drug-likeness (QED) is 0.494. The normalized spacial score (nSPS) is 10.7. The van der Waals surface area contributed by atoms with Crippen LogP contribution in [0, 0.1) is 17.0 Å². The summed E-state index contributed by atoms with van der Waals surface area (Å²) in [6, 6.07) is 9.55. The highest BCUT2D eigenvalue weighted by atomic mass is 35.5. The Morgan fingerprint density at radius 3 is 2.61 bits per heavy atom. The van der Waals surface area contributed by atoms with Gasteiger partial charge in [-0.2, -0.15) is 4.98 Å². The fourth-order valence-corrected chi connectivity index (χ4v) is 2.61. The molecule has 0 amide bonds. The third kappa shape index (κ3) is 3.04. The molecule has 0 saturated carbocycles. The zero-order valence-corrected chi connectivity index (χ0v) is 13.3. The summed E-state index contributed by atoms with van der Waals surface area (Å²) in [5.74, 6) is 0.571. The van der Waals surface area contributed by atoms with E-state index in [-0.39, 0.29) is 11.6 Å². The molecule has 6 nitrogen and oxygen atoms in total. The molecule has 0 aliphatic rings. The molecule has 8 heteroatoms. The predicted molar refractivity (Wildman–Crippen MR) is 86.6 cm³/mol. The Kier molecular flexibility index (Phi) is 4.02. The van der Waals surface area contributed by atoms with Crippen LogP contribution in [-0.2, 0) is 0 Å². The summed E-state index contributed by atoms with van der Waals surface area (Å²) in [5.41, 5.74) is 1.73. The molecule has 0 aliphatic carbocycles. The maximum Gasteiger partial charge on any atom is 0.272 e. The number of rotatable bonds is 3. The number of nitro groups is 1. The highest BCUT2D eigenvalue weighted by molar-refractivity contribution is 6.36. The number of aryl methyl sites for hydroxylation is 1. The predicted octanol–water partition coefficient (Wildman–Crippen LogP) is 4.93. The molecule has 0 atom stereocenters. The zero-order chi connectivity index (χ0) is 16.6. The van der Waals surface area contributed by atoms with Crippen LogP contribution in [0.3, 0.4) is 0 Å². The fourth-order valence-electron chi connectivity index (χ4n) is 2.11. The summed E-state index contributed by atoms with van der Waals surface area (Å²) in [6.07, 6.45) is 0. The molecule has 1 aromatic heterocycles. The maximum absolute atomic E-state index is 10.9. The molecule has 3 aromatic rings. The van der Waals surface area contributed by atoms with Crippen LogP contribution in [0.25, 0.3) is 22.8 Å². The molecule has 2 aromatic carbocycles. The fraction of sp³-hybridized carbons (Fsp3) is 0.0667. The molecule has 0 spiro atoms. The van der Waals surface area contributed by atoms with Crippen LogP contribution in [-0.4, -0.2) is 15.1 Å². The Balaban J connectivity index is 1.99. The molecule has 23 heavy (non-hydrogen) atoms. The van der Waals surface area contributed by atoms with Crippen LogP contribution in [0.4, 0.5) is 5.69 Å². The Morgan fingerprint density at radius 1 is 1.17 bits per heavy atom. The lowest BCUT2D eigenvalue weighted by atomic mass is 10.1. The summed E-state index contributed by atoms with van der Waals surface area (Å²) >= 11 is 12.0. The van der Waals surface area contributed by atoms with Gasteiger partial charge in [-0.3, -0.25) is 10.1 Å². The van der Waals surface area contributed by atoms with E-state index in [0.29, 0.717) is 32.6 Å². The maximum atomic E-state index is 10.9. The average Bonchev–Trinajstić information content (AvgIpc) is 2.96. The minimum atomic E-state index is -0.439. The van der Waals surface area contributed by atoms with Gasteiger partial charge >= 0.3 is 0 Å². The van der Waals surface area contributed by atoms with Crippen LogP contribution in [0.5, 0.6) is 0 Å². The largest absolute Gasteiger partial charge is 0.334 e. The molecule has 116 valence electrons. The first-order chi connectivity index (χ1) is 11.0. The molecule has 0 unspecified atom stereocenters. The molecule has 1 heterocycles. The van der Waals surface area contributed by atoms with Crippen LogP contribution in [0.2, 0.25) is 10.0 Å². The van der Waals surface area contributed by atoms with Crippen molar-refractivity contribution in [3.63, 3.8) is 0 Å². The van der Waals surface area contributed by atoms with Crippen molar-refractivity contribution < 1.29 is 9.45 Å². The van der Waals surface area contributed by atoms with Crippen molar-refractivity contribution in [2.75, 3.05) is 0 Å². The minimum absolute atomic E-state index is 0.0363. The molecule has 0 fully saturated rings. The van der Waals surface area contributed by atoms with E-state index in [9.17, 15) is 10.1 Å². The lowest BCUT2D eigenvalue weighted by Gasteiger charge is -1.99. The number of aromatic nitrogens is 2. The van der Waals surface area contributed by atoms with Crippen molar-refractivity contribution in [2.24, 2.45) is 0 Å². The van der Waals surface area contributed by atoms with Gasteiger partial charge in [0.1, 0.15) is 0 Å². The standard InChI is InChI=1S/C15H9Cl2N3O3/c1-8-6-9(2-5-13(8)20(21)22)15-18-14(19-23-15)11-4-3-10(16)7-12(11)17/h2-7H,1H3. The number of benzene rings is 2. The zero-order valence-electron chi connectivity index (χ0n) is 11.8. The van der Waals surface area contributed by atoms with Gasteiger partial charge in [-0.05, 0) is 37.3 Å². The second-order valence-electron chi connectivity index (χ2n) is 4.81. The lowest BCUT2D eigenvalue weighted by Crippen LogP contribution is -1.91. The summed E-state index contributed by atoms with van der Waals surface area (Å²) in [7, 11) is 0. The number of nitrogens with zero attached hydrogens (tertiary/aromatic N) is 3. The Hall–Kier alpha value is -2.44. The number of hydrogen-bond acceptors (Lipinski definition) is 5. The highest BCUT2D eigenvalue weighted by Gasteiger charge is 2.16. The first-order valence-electron chi connectivity index (χ1n) is 6.50. The van der Waals surface area contributed by atoms with Crippen molar-refractivity contribution >= 4 is 28.9 Å². The third-order valence-electron chi connectivity index (χ3n) is 3.24. The van der Waals surface area contributed by atoms with E-state index in [1.807, 2.05) is 0 Å². The average molecular weight is 350 g/mol. The Labute approximate surface area is 140 Å². The van der Waals surface area contributed by atoms with Gasteiger partial charge < -0.3 is 4.52 Å². The summed E-state index contributed by atoms with van der Waals surface area (Å²) in [4.78, 5) is 14.7. The van der Waals surface area contributed by atoms with Crippen LogP contribution in [0.1, 0.15) is 5.56 Å². The first kappa shape index (κ1) is 15.5. The van der Waals surface area contributed by atoms with Gasteiger partial charge in [0.05, 0.1) is 9.95 Å². The van der Waals surface area contributed by atoms with Crippen LogP contribution < -0.4 is 0 Å². The number of hydrogen-bond donors (Lipinski definition) is 0. The van der Waals surface area contributed by atoms with E-state index in [1.165, 1.54) is 6.07 Å². The SMILES string of the molecule is Cc1cc(-c2nc(-c3ccc(Cl)cc3Cl)no2)ccc1[N+](=O)[O-]. The van der Waals surface area contributed by atoms with Gasteiger partial charge in [-0.15, -0.1) is 0 Å². The first-order valence-corrected chi connectivity index (χ1v) is 7.26. The number of halogens is 2. The highest BCUT2D eigenvalue weighted by Crippen LogP contribution is 2.31. The van der Waals surface area contributed by atoms with Gasteiger partial charge in [-0.1, -0.05) is 28.4 Å². The molecular weight excluding hydrogens is 341 g/mol. The Bertz CT molecular complexity index is 909. The van der Waals surface area contributed by atoms with E-state index in [1.54, 1.807) is 37.3 Å².